The number of amides is 1. The first kappa shape index (κ1) is 21.1. The molecule has 0 unspecified atom stereocenters. The second kappa shape index (κ2) is 9.10. The third-order valence-electron chi connectivity index (χ3n) is 4.51. The number of likely N-dealkylation sites (tertiary alicyclic amines) is 1. The van der Waals surface area contributed by atoms with Gasteiger partial charge in [-0.25, -0.2) is 4.79 Å². The van der Waals surface area contributed by atoms with E-state index in [1.54, 1.807) is 11.9 Å². The van der Waals surface area contributed by atoms with Gasteiger partial charge in [0.2, 0.25) is 0 Å². The number of rotatable bonds is 6. The van der Waals surface area contributed by atoms with Crippen LogP contribution in [-0.4, -0.2) is 53.9 Å². The fraction of sp³-hybridized carbons (Fsp3) is 0.737. The van der Waals surface area contributed by atoms with Crippen molar-refractivity contribution >= 4 is 12.1 Å². The Morgan fingerprint density at radius 3 is 2.63 bits per heavy atom. The highest BCUT2D eigenvalue weighted by atomic mass is 16.6. The highest BCUT2D eigenvalue weighted by molar-refractivity contribution is 5.80. The molecule has 1 aliphatic rings. The molecule has 0 radical (unpaired) electrons. The lowest BCUT2D eigenvalue weighted by Crippen LogP contribution is -2.63. The number of guanidine groups is 1. The Morgan fingerprint density at radius 2 is 2.07 bits per heavy atom. The lowest BCUT2D eigenvalue weighted by Gasteiger charge is -2.40. The average Bonchev–Trinajstić information content (AvgIpc) is 3.01. The Balaban J connectivity index is 1.75. The van der Waals surface area contributed by atoms with Crippen molar-refractivity contribution < 1.29 is 14.1 Å². The smallest absolute Gasteiger partial charge is 0.410 e. The molecule has 2 heterocycles. The van der Waals surface area contributed by atoms with Gasteiger partial charge in [0, 0.05) is 32.1 Å². The van der Waals surface area contributed by atoms with Gasteiger partial charge in [0.25, 0.3) is 0 Å². The summed E-state index contributed by atoms with van der Waals surface area (Å²) in [6.45, 7) is 11.6. The van der Waals surface area contributed by atoms with E-state index in [2.05, 4.69) is 34.6 Å². The molecule has 152 valence electrons. The molecule has 1 saturated heterocycles. The van der Waals surface area contributed by atoms with Crippen molar-refractivity contribution in [2.45, 2.75) is 71.6 Å². The minimum atomic E-state index is -0.475. The minimum absolute atomic E-state index is 0.151. The molecule has 0 spiro atoms. The molecule has 0 saturated carbocycles. The predicted octanol–water partition coefficient (Wildman–Crippen LogP) is 2.86. The average molecular weight is 380 g/mol. The van der Waals surface area contributed by atoms with Crippen molar-refractivity contribution in [3.63, 3.8) is 0 Å². The molecule has 0 bridgehead atoms. The Kier molecular flexibility index (Phi) is 7.10. The van der Waals surface area contributed by atoms with Gasteiger partial charge in [-0.15, -0.1) is 0 Å². The van der Waals surface area contributed by atoms with Crippen LogP contribution in [0.3, 0.4) is 0 Å². The molecule has 8 nitrogen and oxygen atoms in total. The molecular formula is C19H33N5O3. The summed E-state index contributed by atoms with van der Waals surface area (Å²) >= 11 is 0. The van der Waals surface area contributed by atoms with Gasteiger partial charge < -0.3 is 24.8 Å². The van der Waals surface area contributed by atoms with E-state index in [-0.39, 0.29) is 12.1 Å². The zero-order valence-corrected chi connectivity index (χ0v) is 17.3. The van der Waals surface area contributed by atoms with Gasteiger partial charge in [0.1, 0.15) is 5.60 Å². The SMILES string of the molecule is CCC(CC)c1cc(CNC(=NC)NC2CN(C(=O)OC(C)(C)C)C2)on1. The van der Waals surface area contributed by atoms with E-state index in [4.69, 9.17) is 9.26 Å². The molecule has 27 heavy (non-hydrogen) atoms. The standard InChI is InChI=1S/C19H33N5O3/c1-7-13(8-2)16-9-15(27-23-16)10-21-17(20-6)22-14-11-24(12-14)18(25)26-19(3,4)5/h9,13-14H,7-8,10-12H2,1-6H3,(H2,20,21,22). The van der Waals surface area contributed by atoms with Crippen LogP contribution in [0.25, 0.3) is 0 Å². The van der Waals surface area contributed by atoms with E-state index in [1.807, 2.05) is 26.8 Å². The molecule has 8 heteroatoms. The highest BCUT2D eigenvalue weighted by Crippen LogP contribution is 2.22. The van der Waals surface area contributed by atoms with Crippen LogP contribution >= 0.6 is 0 Å². The van der Waals surface area contributed by atoms with Crippen LogP contribution in [0.2, 0.25) is 0 Å². The fourth-order valence-corrected chi connectivity index (χ4v) is 2.92. The summed E-state index contributed by atoms with van der Waals surface area (Å²) in [7, 11) is 1.72. The molecule has 1 fully saturated rings. The van der Waals surface area contributed by atoms with Gasteiger partial charge >= 0.3 is 6.09 Å². The van der Waals surface area contributed by atoms with Gasteiger partial charge in [-0.1, -0.05) is 19.0 Å². The van der Waals surface area contributed by atoms with E-state index >= 15 is 0 Å². The molecule has 1 aromatic heterocycles. The maximum absolute atomic E-state index is 12.0. The van der Waals surface area contributed by atoms with Gasteiger partial charge in [0.15, 0.2) is 11.7 Å². The number of aromatic nitrogens is 1. The Hall–Kier alpha value is -2.25. The van der Waals surface area contributed by atoms with Crippen molar-refractivity contribution in [2.24, 2.45) is 4.99 Å². The Bertz CT molecular complexity index is 640. The minimum Gasteiger partial charge on any atom is -0.444 e. The molecule has 0 aliphatic carbocycles. The third kappa shape index (κ3) is 6.15. The predicted molar refractivity (Wildman–Crippen MR) is 105 cm³/mol. The van der Waals surface area contributed by atoms with Crippen LogP contribution in [0.4, 0.5) is 4.79 Å². The largest absolute Gasteiger partial charge is 0.444 e. The zero-order valence-electron chi connectivity index (χ0n) is 17.3. The first-order chi connectivity index (χ1) is 12.8. The van der Waals surface area contributed by atoms with Crippen molar-refractivity contribution in [2.75, 3.05) is 20.1 Å². The molecule has 2 N–H and O–H groups in total. The summed E-state index contributed by atoms with van der Waals surface area (Å²) in [5.74, 6) is 1.89. The first-order valence-electron chi connectivity index (χ1n) is 9.66. The quantitative estimate of drug-likeness (QED) is 0.583. The van der Waals surface area contributed by atoms with Crippen LogP contribution < -0.4 is 10.6 Å². The molecule has 1 amide bonds. The second-order valence-electron chi connectivity index (χ2n) is 7.88. The van der Waals surface area contributed by atoms with Crippen molar-refractivity contribution in [3.05, 3.63) is 17.5 Å². The Labute approximate surface area is 161 Å². The van der Waals surface area contributed by atoms with Crippen molar-refractivity contribution in [1.82, 2.24) is 20.7 Å². The van der Waals surface area contributed by atoms with E-state index in [0.29, 0.717) is 31.5 Å². The lowest BCUT2D eigenvalue weighted by atomic mass is 9.99. The van der Waals surface area contributed by atoms with Gasteiger partial charge in [-0.2, -0.15) is 0 Å². The third-order valence-corrected chi connectivity index (χ3v) is 4.51. The zero-order chi connectivity index (χ0) is 20.0. The number of aliphatic imine (C=N–C) groups is 1. The van der Waals surface area contributed by atoms with E-state index in [9.17, 15) is 4.79 Å². The molecule has 0 aromatic carbocycles. The number of ether oxygens (including phenoxy) is 1. The highest BCUT2D eigenvalue weighted by Gasteiger charge is 2.34. The normalized spacial score (nSPS) is 15.7. The summed E-state index contributed by atoms with van der Waals surface area (Å²) in [6.07, 6.45) is 1.82. The molecule has 2 rings (SSSR count). The Morgan fingerprint density at radius 1 is 1.41 bits per heavy atom. The fourth-order valence-electron chi connectivity index (χ4n) is 2.92. The molecular weight excluding hydrogens is 346 g/mol. The monoisotopic (exact) mass is 379 g/mol. The number of nitrogens with one attached hydrogen (secondary N) is 2. The summed E-state index contributed by atoms with van der Waals surface area (Å²) in [5, 5.41) is 10.7. The topological polar surface area (TPSA) is 92.0 Å². The van der Waals surface area contributed by atoms with Crippen LogP contribution in [-0.2, 0) is 11.3 Å². The van der Waals surface area contributed by atoms with Gasteiger partial charge in [-0.05, 0) is 33.6 Å². The van der Waals surface area contributed by atoms with Crippen LogP contribution in [0.15, 0.2) is 15.6 Å². The van der Waals surface area contributed by atoms with E-state index < -0.39 is 5.60 Å². The maximum atomic E-state index is 12.0. The molecule has 1 aromatic rings. The number of carbonyl (C=O) groups is 1. The number of hydrogen-bond donors (Lipinski definition) is 2. The first-order valence-corrected chi connectivity index (χ1v) is 9.66. The number of nitrogens with zero attached hydrogens (tertiary/aromatic N) is 3. The summed E-state index contributed by atoms with van der Waals surface area (Å²) < 4.78 is 10.8. The molecule has 0 atom stereocenters. The maximum Gasteiger partial charge on any atom is 0.410 e. The second-order valence-corrected chi connectivity index (χ2v) is 7.88. The number of carbonyl (C=O) groups excluding carboxylic acids is 1. The summed E-state index contributed by atoms with van der Waals surface area (Å²) in [4.78, 5) is 17.9. The van der Waals surface area contributed by atoms with Crippen molar-refractivity contribution in [3.8, 4) is 0 Å². The lowest BCUT2D eigenvalue weighted by molar-refractivity contribution is 0.00701. The summed E-state index contributed by atoms with van der Waals surface area (Å²) in [6, 6.07) is 2.16. The van der Waals surface area contributed by atoms with Crippen molar-refractivity contribution in [1.29, 1.82) is 0 Å². The van der Waals surface area contributed by atoms with E-state index in [0.717, 1.165) is 24.3 Å². The molecule has 1 aliphatic heterocycles. The van der Waals surface area contributed by atoms with Gasteiger partial charge in [-0.3, -0.25) is 4.99 Å². The summed E-state index contributed by atoms with van der Waals surface area (Å²) in [5.41, 5.74) is 0.532. The van der Waals surface area contributed by atoms with Crippen LogP contribution in [0, 0.1) is 0 Å². The van der Waals surface area contributed by atoms with Crippen LogP contribution in [0.1, 0.15) is 64.8 Å². The van der Waals surface area contributed by atoms with Gasteiger partial charge in [0.05, 0.1) is 18.3 Å². The number of hydrogen-bond acceptors (Lipinski definition) is 5. The van der Waals surface area contributed by atoms with E-state index in [1.165, 1.54) is 0 Å². The van der Waals surface area contributed by atoms with Crippen LogP contribution in [0.5, 0.6) is 0 Å².